The van der Waals surface area contributed by atoms with Crippen molar-refractivity contribution in [3.63, 3.8) is 0 Å². The lowest BCUT2D eigenvalue weighted by atomic mass is 9.94. The Hall–Kier alpha value is -1.13. The van der Waals surface area contributed by atoms with Crippen LogP contribution in [-0.4, -0.2) is 11.9 Å². The lowest BCUT2D eigenvalue weighted by Crippen LogP contribution is -2.42. The van der Waals surface area contributed by atoms with E-state index in [0.717, 1.165) is 0 Å². The largest absolute Gasteiger partial charge is 0.368 e. The van der Waals surface area contributed by atoms with E-state index in [1.54, 1.807) is 19.1 Å². The van der Waals surface area contributed by atoms with Gasteiger partial charge in [-0.25, -0.2) is 4.39 Å². The van der Waals surface area contributed by atoms with Crippen LogP contribution in [0.15, 0.2) is 18.2 Å². The second-order valence-corrected chi connectivity index (χ2v) is 5.11. The molecule has 0 saturated carbocycles. The maximum atomic E-state index is 13.9. The van der Waals surface area contributed by atoms with E-state index in [1.807, 2.05) is 13.8 Å². The summed E-state index contributed by atoms with van der Waals surface area (Å²) >= 11 is 5.72. The Bertz CT molecular complexity index is 437. The third-order valence-electron chi connectivity index (χ3n) is 2.82. The number of halogens is 2. The standard InChI is InChI=1S/C13H18ClFN2O/c1-7(2)12(17-8(3)13(16)18)10-5-4-9(14)6-11(10)15/h4-8,12,17H,1-3H3,(H2,16,18)/t8-,12+/m1/s1. The van der Waals surface area contributed by atoms with Crippen LogP contribution >= 0.6 is 11.6 Å². The van der Waals surface area contributed by atoms with Crippen molar-refractivity contribution in [2.75, 3.05) is 0 Å². The van der Waals surface area contributed by atoms with Crippen LogP contribution < -0.4 is 11.1 Å². The fraction of sp³-hybridized carbons (Fsp3) is 0.462. The topological polar surface area (TPSA) is 55.1 Å². The zero-order valence-corrected chi connectivity index (χ0v) is 11.5. The monoisotopic (exact) mass is 272 g/mol. The van der Waals surface area contributed by atoms with Gasteiger partial charge in [0.25, 0.3) is 0 Å². The van der Waals surface area contributed by atoms with Crippen molar-refractivity contribution in [1.29, 1.82) is 0 Å². The highest BCUT2D eigenvalue weighted by Crippen LogP contribution is 2.26. The number of amides is 1. The van der Waals surface area contributed by atoms with Crippen LogP contribution in [-0.2, 0) is 4.79 Å². The number of hydrogen-bond acceptors (Lipinski definition) is 2. The van der Waals surface area contributed by atoms with Crippen LogP contribution in [0, 0.1) is 11.7 Å². The molecule has 0 heterocycles. The second kappa shape index (κ2) is 6.16. The van der Waals surface area contributed by atoms with Gasteiger partial charge in [-0.05, 0) is 25.0 Å². The van der Waals surface area contributed by atoms with E-state index in [2.05, 4.69) is 5.32 Å². The van der Waals surface area contributed by atoms with E-state index in [0.29, 0.717) is 10.6 Å². The zero-order chi connectivity index (χ0) is 13.9. The first kappa shape index (κ1) is 14.9. The van der Waals surface area contributed by atoms with Gasteiger partial charge in [0.15, 0.2) is 0 Å². The SMILES string of the molecule is CC(C)[C@H](N[C@H](C)C(N)=O)c1ccc(Cl)cc1F. The number of nitrogens with two attached hydrogens (primary N) is 1. The molecule has 0 fully saturated rings. The number of rotatable bonds is 5. The lowest BCUT2D eigenvalue weighted by Gasteiger charge is -2.26. The summed E-state index contributed by atoms with van der Waals surface area (Å²) in [4.78, 5) is 11.1. The predicted molar refractivity (Wildman–Crippen MR) is 70.8 cm³/mol. The number of hydrogen-bond donors (Lipinski definition) is 2. The first-order valence-electron chi connectivity index (χ1n) is 5.83. The average Bonchev–Trinajstić information content (AvgIpc) is 2.26. The Morgan fingerprint density at radius 1 is 1.39 bits per heavy atom. The molecule has 3 N–H and O–H groups in total. The molecule has 0 aliphatic carbocycles. The number of carbonyl (C=O) groups is 1. The van der Waals surface area contributed by atoms with Gasteiger partial charge in [0.05, 0.1) is 6.04 Å². The third kappa shape index (κ3) is 3.68. The summed E-state index contributed by atoms with van der Waals surface area (Å²) in [6.07, 6.45) is 0. The predicted octanol–water partition coefficient (Wildman–Crippen LogP) is 2.64. The van der Waals surface area contributed by atoms with Crippen molar-refractivity contribution in [2.45, 2.75) is 32.9 Å². The van der Waals surface area contributed by atoms with Crippen LogP contribution in [0.25, 0.3) is 0 Å². The molecule has 0 spiro atoms. The van der Waals surface area contributed by atoms with Gasteiger partial charge in [-0.3, -0.25) is 10.1 Å². The number of primary amides is 1. The molecule has 3 nitrogen and oxygen atoms in total. The molecule has 2 atom stereocenters. The van der Waals surface area contributed by atoms with Gasteiger partial charge in [0, 0.05) is 16.6 Å². The van der Waals surface area contributed by atoms with Crippen molar-refractivity contribution >= 4 is 17.5 Å². The molecule has 0 saturated heterocycles. The van der Waals surface area contributed by atoms with Crippen LogP contribution in [0.3, 0.4) is 0 Å². The minimum absolute atomic E-state index is 0.113. The molecule has 0 radical (unpaired) electrons. The zero-order valence-electron chi connectivity index (χ0n) is 10.7. The minimum atomic E-state index is -0.521. The van der Waals surface area contributed by atoms with Gasteiger partial charge in [0.2, 0.25) is 5.91 Å². The van der Waals surface area contributed by atoms with Crippen LogP contribution in [0.4, 0.5) is 4.39 Å². The van der Waals surface area contributed by atoms with Crippen molar-refractivity contribution in [1.82, 2.24) is 5.32 Å². The quantitative estimate of drug-likeness (QED) is 0.866. The molecule has 100 valence electrons. The molecular weight excluding hydrogens is 255 g/mol. The summed E-state index contributed by atoms with van der Waals surface area (Å²) in [5.41, 5.74) is 5.70. The van der Waals surface area contributed by atoms with Gasteiger partial charge in [-0.1, -0.05) is 31.5 Å². The number of benzene rings is 1. The van der Waals surface area contributed by atoms with Gasteiger partial charge in [-0.2, -0.15) is 0 Å². The Kier molecular flexibility index (Phi) is 5.11. The molecule has 1 rings (SSSR count). The Labute approximate surface area is 112 Å². The maximum Gasteiger partial charge on any atom is 0.234 e. The minimum Gasteiger partial charge on any atom is -0.368 e. The summed E-state index contributed by atoms with van der Waals surface area (Å²) in [5.74, 6) is -0.733. The molecule has 0 unspecified atom stereocenters. The lowest BCUT2D eigenvalue weighted by molar-refractivity contribution is -0.119. The Morgan fingerprint density at radius 2 is 2.00 bits per heavy atom. The highest BCUT2D eigenvalue weighted by atomic mass is 35.5. The average molecular weight is 273 g/mol. The first-order chi connectivity index (χ1) is 8.32. The summed E-state index contributed by atoms with van der Waals surface area (Å²) < 4.78 is 13.9. The van der Waals surface area contributed by atoms with E-state index in [4.69, 9.17) is 17.3 Å². The maximum absolute atomic E-state index is 13.9. The smallest absolute Gasteiger partial charge is 0.234 e. The highest BCUT2D eigenvalue weighted by Gasteiger charge is 2.23. The molecule has 1 aromatic rings. The first-order valence-corrected chi connectivity index (χ1v) is 6.21. The van der Waals surface area contributed by atoms with Crippen LogP contribution in [0.5, 0.6) is 0 Å². The van der Waals surface area contributed by atoms with Crippen molar-refractivity contribution in [2.24, 2.45) is 11.7 Å². The van der Waals surface area contributed by atoms with E-state index in [9.17, 15) is 9.18 Å². The van der Waals surface area contributed by atoms with Crippen molar-refractivity contribution < 1.29 is 9.18 Å². The molecule has 5 heteroatoms. The Morgan fingerprint density at radius 3 is 2.44 bits per heavy atom. The summed E-state index contributed by atoms with van der Waals surface area (Å²) in [6, 6.07) is 3.72. The second-order valence-electron chi connectivity index (χ2n) is 4.68. The Balaban J connectivity index is 3.01. The van der Waals surface area contributed by atoms with Gasteiger partial charge in [-0.15, -0.1) is 0 Å². The third-order valence-corrected chi connectivity index (χ3v) is 3.06. The molecule has 18 heavy (non-hydrogen) atoms. The molecule has 1 amide bonds. The van der Waals surface area contributed by atoms with Crippen molar-refractivity contribution in [3.8, 4) is 0 Å². The normalized spacial score (nSPS) is 14.6. The number of carbonyl (C=O) groups excluding carboxylic acids is 1. The van der Waals surface area contributed by atoms with Gasteiger partial charge in [0.1, 0.15) is 5.82 Å². The molecule has 0 aliphatic rings. The van der Waals surface area contributed by atoms with Crippen LogP contribution in [0.2, 0.25) is 5.02 Å². The van der Waals surface area contributed by atoms with E-state index >= 15 is 0 Å². The van der Waals surface area contributed by atoms with Crippen LogP contribution in [0.1, 0.15) is 32.4 Å². The van der Waals surface area contributed by atoms with E-state index < -0.39 is 11.9 Å². The molecule has 1 aromatic carbocycles. The summed E-state index contributed by atoms with van der Waals surface area (Å²) in [6.45, 7) is 5.55. The molecule has 0 bridgehead atoms. The molecule has 0 aliphatic heterocycles. The fourth-order valence-corrected chi connectivity index (χ4v) is 1.91. The summed E-state index contributed by atoms with van der Waals surface area (Å²) in [7, 11) is 0. The molecule has 0 aromatic heterocycles. The number of nitrogens with one attached hydrogen (secondary N) is 1. The van der Waals surface area contributed by atoms with Gasteiger partial charge >= 0.3 is 0 Å². The summed E-state index contributed by atoms with van der Waals surface area (Å²) in [5, 5.41) is 3.38. The van der Waals surface area contributed by atoms with E-state index in [-0.39, 0.29) is 17.8 Å². The van der Waals surface area contributed by atoms with Gasteiger partial charge < -0.3 is 5.73 Å². The highest BCUT2D eigenvalue weighted by molar-refractivity contribution is 6.30. The fourth-order valence-electron chi connectivity index (χ4n) is 1.75. The van der Waals surface area contributed by atoms with E-state index in [1.165, 1.54) is 6.07 Å². The molecular formula is C13H18ClFN2O. The van der Waals surface area contributed by atoms with Crippen molar-refractivity contribution in [3.05, 3.63) is 34.6 Å².